The van der Waals surface area contributed by atoms with Crippen molar-refractivity contribution in [2.24, 2.45) is 5.41 Å². The maximum atomic E-state index is 11.1. The van der Waals surface area contributed by atoms with Crippen LogP contribution in [0.4, 0.5) is 0 Å². The summed E-state index contributed by atoms with van der Waals surface area (Å²) in [4.78, 5) is 11.1. The monoisotopic (exact) mass is 268 g/mol. The van der Waals surface area contributed by atoms with Crippen molar-refractivity contribution < 1.29 is 9.90 Å². The normalized spacial score (nSPS) is 17.5. The lowest BCUT2D eigenvalue weighted by atomic mass is 9.94. The van der Waals surface area contributed by atoms with E-state index in [4.69, 9.17) is 5.11 Å². The van der Waals surface area contributed by atoms with Crippen LogP contribution >= 0.6 is 15.9 Å². The fourth-order valence-electron chi connectivity index (χ4n) is 1.83. The van der Waals surface area contributed by atoms with Crippen LogP contribution in [0.5, 0.6) is 0 Å². The number of benzene rings is 1. The average Bonchev–Trinajstić information content (AvgIpc) is 2.94. The molecular formula is C12H13BrO2. The fraction of sp³-hybridized carbons (Fsp3) is 0.417. The summed E-state index contributed by atoms with van der Waals surface area (Å²) >= 11 is 3.46. The van der Waals surface area contributed by atoms with Crippen LogP contribution in [-0.2, 0) is 11.2 Å². The lowest BCUT2D eigenvalue weighted by molar-refractivity contribution is -0.143. The Kier molecular flexibility index (Phi) is 2.59. The van der Waals surface area contributed by atoms with Gasteiger partial charge in [0.25, 0.3) is 0 Å². The summed E-state index contributed by atoms with van der Waals surface area (Å²) in [6.07, 6.45) is 2.29. The number of hydrogen-bond acceptors (Lipinski definition) is 1. The second-order valence-corrected chi connectivity index (χ2v) is 5.14. The molecule has 0 saturated heterocycles. The number of hydrogen-bond donors (Lipinski definition) is 1. The van der Waals surface area contributed by atoms with E-state index in [0.29, 0.717) is 6.42 Å². The molecule has 2 nitrogen and oxygen atoms in total. The number of aliphatic carboxylic acids is 1. The lowest BCUT2D eigenvalue weighted by Crippen LogP contribution is -2.18. The SMILES string of the molecule is Cc1c(Br)cccc1CC1(C(=O)O)CC1. The Hall–Kier alpha value is -0.830. The predicted molar refractivity (Wildman–Crippen MR) is 61.9 cm³/mol. The van der Waals surface area contributed by atoms with Gasteiger partial charge in [-0.3, -0.25) is 4.79 Å². The van der Waals surface area contributed by atoms with Gasteiger partial charge in [0.15, 0.2) is 0 Å². The standard InChI is InChI=1S/C12H13BrO2/c1-8-9(3-2-4-10(8)13)7-12(5-6-12)11(14)15/h2-4H,5-7H2,1H3,(H,14,15). The summed E-state index contributed by atoms with van der Waals surface area (Å²) in [5.74, 6) is -0.651. The third-order valence-corrected chi connectivity index (χ3v) is 4.08. The molecule has 1 saturated carbocycles. The van der Waals surface area contributed by atoms with Gasteiger partial charge in [-0.25, -0.2) is 0 Å². The summed E-state index contributed by atoms with van der Waals surface area (Å²) in [7, 11) is 0. The van der Waals surface area contributed by atoms with E-state index in [9.17, 15) is 4.79 Å². The van der Waals surface area contributed by atoms with E-state index in [-0.39, 0.29) is 0 Å². The third kappa shape index (κ3) is 1.93. The molecule has 1 N–H and O–H groups in total. The van der Waals surface area contributed by atoms with Crippen LogP contribution in [0.15, 0.2) is 22.7 Å². The minimum absolute atomic E-state index is 0.467. The summed E-state index contributed by atoms with van der Waals surface area (Å²) in [6, 6.07) is 5.96. The highest BCUT2D eigenvalue weighted by Gasteiger charge is 2.50. The second-order valence-electron chi connectivity index (χ2n) is 4.29. The van der Waals surface area contributed by atoms with Crippen molar-refractivity contribution in [3.8, 4) is 0 Å². The van der Waals surface area contributed by atoms with E-state index in [1.165, 1.54) is 0 Å². The molecule has 0 radical (unpaired) electrons. The Morgan fingerprint density at radius 2 is 2.20 bits per heavy atom. The zero-order valence-electron chi connectivity index (χ0n) is 8.59. The van der Waals surface area contributed by atoms with Crippen molar-refractivity contribution >= 4 is 21.9 Å². The van der Waals surface area contributed by atoms with Crippen LogP contribution in [0.3, 0.4) is 0 Å². The predicted octanol–water partition coefficient (Wildman–Crippen LogP) is 3.16. The van der Waals surface area contributed by atoms with Crippen LogP contribution in [0.1, 0.15) is 24.0 Å². The maximum Gasteiger partial charge on any atom is 0.309 e. The Labute approximate surface area is 97.4 Å². The van der Waals surface area contributed by atoms with Gasteiger partial charge in [0.2, 0.25) is 0 Å². The topological polar surface area (TPSA) is 37.3 Å². The maximum absolute atomic E-state index is 11.1. The molecule has 3 heteroatoms. The van der Waals surface area contributed by atoms with E-state index in [2.05, 4.69) is 15.9 Å². The molecule has 0 amide bonds. The van der Waals surface area contributed by atoms with Crippen LogP contribution in [-0.4, -0.2) is 11.1 Å². The van der Waals surface area contributed by atoms with Crippen molar-refractivity contribution in [2.75, 3.05) is 0 Å². The average molecular weight is 269 g/mol. The van der Waals surface area contributed by atoms with Crippen molar-refractivity contribution in [3.63, 3.8) is 0 Å². The highest BCUT2D eigenvalue weighted by molar-refractivity contribution is 9.10. The zero-order valence-corrected chi connectivity index (χ0v) is 10.2. The Morgan fingerprint density at radius 3 is 2.73 bits per heavy atom. The van der Waals surface area contributed by atoms with Gasteiger partial charge in [-0.2, -0.15) is 0 Å². The van der Waals surface area contributed by atoms with Crippen LogP contribution in [0.2, 0.25) is 0 Å². The fourth-order valence-corrected chi connectivity index (χ4v) is 2.23. The summed E-state index contributed by atoms with van der Waals surface area (Å²) < 4.78 is 1.06. The first kappa shape index (κ1) is 10.7. The molecule has 1 aromatic rings. The van der Waals surface area contributed by atoms with E-state index in [1.807, 2.05) is 25.1 Å². The van der Waals surface area contributed by atoms with E-state index >= 15 is 0 Å². The van der Waals surface area contributed by atoms with E-state index in [1.54, 1.807) is 0 Å². The highest BCUT2D eigenvalue weighted by atomic mass is 79.9. The molecule has 0 bridgehead atoms. The third-order valence-electron chi connectivity index (χ3n) is 3.22. The first-order chi connectivity index (χ1) is 7.05. The largest absolute Gasteiger partial charge is 0.481 e. The molecular weight excluding hydrogens is 256 g/mol. The van der Waals surface area contributed by atoms with Gasteiger partial charge in [0, 0.05) is 4.47 Å². The zero-order chi connectivity index (χ0) is 11.1. The van der Waals surface area contributed by atoms with Crippen molar-refractivity contribution in [2.45, 2.75) is 26.2 Å². The minimum atomic E-state index is -0.651. The first-order valence-corrected chi connectivity index (χ1v) is 5.82. The summed E-state index contributed by atoms with van der Waals surface area (Å²) in [6.45, 7) is 2.03. The molecule has 0 unspecified atom stereocenters. The van der Waals surface area contributed by atoms with E-state index in [0.717, 1.165) is 28.4 Å². The quantitative estimate of drug-likeness (QED) is 0.915. The van der Waals surface area contributed by atoms with Crippen molar-refractivity contribution in [3.05, 3.63) is 33.8 Å². The summed E-state index contributed by atoms with van der Waals surface area (Å²) in [5, 5.41) is 9.11. The number of carboxylic acids is 1. The van der Waals surface area contributed by atoms with Crippen LogP contribution < -0.4 is 0 Å². The van der Waals surface area contributed by atoms with Crippen molar-refractivity contribution in [1.29, 1.82) is 0 Å². The first-order valence-electron chi connectivity index (χ1n) is 5.02. The number of rotatable bonds is 3. The number of halogens is 1. The molecule has 2 rings (SSSR count). The van der Waals surface area contributed by atoms with Gasteiger partial charge in [0.05, 0.1) is 5.41 Å². The Morgan fingerprint density at radius 1 is 1.53 bits per heavy atom. The van der Waals surface area contributed by atoms with Crippen LogP contribution in [0, 0.1) is 12.3 Å². The Balaban J connectivity index is 2.25. The number of carboxylic acid groups (broad SMARTS) is 1. The molecule has 0 aromatic heterocycles. The molecule has 80 valence electrons. The Bertz CT molecular complexity index is 408. The molecule has 1 aromatic carbocycles. The molecule has 0 spiro atoms. The molecule has 0 atom stereocenters. The summed E-state index contributed by atoms with van der Waals surface area (Å²) in [5.41, 5.74) is 1.83. The van der Waals surface area contributed by atoms with Gasteiger partial charge in [-0.1, -0.05) is 28.1 Å². The van der Waals surface area contributed by atoms with Gasteiger partial charge in [0.1, 0.15) is 0 Å². The minimum Gasteiger partial charge on any atom is -0.481 e. The lowest BCUT2D eigenvalue weighted by Gasteiger charge is -2.12. The van der Waals surface area contributed by atoms with Gasteiger partial charge < -0.3 is 5.11 Å². The highest BCUT2D eigenvalue weighted by Crippen LogP contribution is 2.49. The molecule has 1 fully saturated rings. The molecule has 1 aliphatic carbocycles. The second kappa shape index (κ2) is 3.63. The van der Waals surface area contributed by atoms with E-state index < -0.39 is 11.4 Å². The molecule has 15 heavy (non-hydrogen) atoms. The number of carbonyl (C=O) groups is 1. The van der Waals surface area contributed by atoms with Crippen molar-refractivity contribution in [1.82, 2.24) is 0 Å². The smallest absolute Gasteiger partial charge is 0.309 e. The molecule has 0 aliphatic heterocycles. The molecule has 0 heterocycles. The molecule has 1 aliphatic rings. The van der Waals surface area contributed by atoms with Gasteiger partial charge in [-0.05, 0) is 43.4 Å². The van der Waals surface area contributed by atoms with Crippen LogP contribution in [0.25, 0.3) is 0 Å². The van der Waals surface area contributed by atoms with Gasteiger partial charge >= 0.3 is 5.97 Å². The van der Waals surface area contributed by atoms with Gasteiger partial charge in [-0.15, -0.1) is 0 Å².